The van der Waals surface area contributed by atoms with Gasteiger partial charge in [0.05, 0.1) is 0 Å². The molecule has 1 aliphatic carbocycles. The standard InChI is InChI=1S/C5H7F3N/c6-5(7,8)4(3-9)1-2-4/h9H,1-3H2/q-1. The quantitative estimate of drug-likeness (QED) is 0.531. The van der Waals surface area contributed by atoms with E-state index >= 15 is 0 Å². The first-order chi connectivity index (χ1) is 4.02. The van der Waals surface area contributed by atoms with Gasteiger partial charge in [0.1, 0.15) is 0 Å². The maximum atomic E-state index is 11.8. The van der Waals surface area contributed by atoms with Crippen molar-refractivity contribution < 1.29 is 13.2 Å². The lowest BCUT2D eigenvalue weighted by Crippen LogP contribution is -2.26. The van der Waals surface area contributed by atoms with E-state index in [0.717, 1.165) is 0 Å². The predicted octanol–water partition coefficient (Wildman–Crippen LogP) is 2.38. The van der Waals surface area contributed by atoms with Crippen LogP contribution in [0.25, 0.3) is 5.73 Å². The monoisotopic (exact) mass is 138 g/mol. The second kappa shape index (κ2) is 1.62. The first-order valence-electron chi connectivity index (χ1n) is 2.73. The van der Waals surface area contributed by atoms with Crippen LogP contribution >= 0.6 is 0 Å². The average molecular weight is 138 g/mol. The third-order valence-electron chi connectivity index (χ3n) is 1.79. The largest absolute Gasteiger partial charge is 0.677 e. The van der Waals surface area contributed by atoms with E-state index in [0.29, 0.717) is 0 Å². The summed E-state index contributed by atoms with van der Waals surface area (Å²) in [7, 11) is 0. The fourth-order valence-electron chi connectivity index (χ4n) is 0.711. The molecule has 0 aliphatic heterocycles. The maximum absolute atomic E-state index is 11.8. The maximum Gasteiger partial charge on any atom is 0.392 e. The van der Waals surface area contributed by atoms with Crippen LogP contribution in [0.1, 0.15) is 12.8 Å². The smallest absolute Gasteiger partial charge is 0.392 e. The molecule has 1 aliphatic rings. The number of rotatable bonds is 1. The molecule has 1 fully saturated rings. The molecule has 9 heavy (non-hydrogen) atoms. The Bertz CT molecular complexity index is 114. The van der Waals surface area contributed by atoms with Gasteiger partial charge in [-0.25, -0.2) is 0 Å². The van der Waals surface area contributed by atoms with E-state index in [9.17, 15) is 13.2 Å². The van der Waals surface area contributed by atoms with Crippen LogP contribution in [0.2, 0.25) is 0 Å². The van der Waals surface area contributed by atoms with Gasteiger partial charge in [-0.2, -0.15) is 13.2 Å². The minimum Gasteiger partial charge on any atom is -0.677 e. The summed E-state index contributed by atoms with van der Waals surface area (Å²) in [5, 5.41) is 0. The molecule has 1 rings (SSSR count). The zero-order valence-electron chi connectivity index (χ0n) is 4.76. The Hall–Kier alpha value is -0.250. The molecule has 0 aromatic heterocycles. The summed E-state index contributed by atoms with van der Waals surface area (Å²) >= 11 is 0. The van der Waals surface area contributed by atoms with Gasteiger partial charge in [0.2, 0.25) is 0 Å². The Kier molecular flexibility index (Phi) is 1.24. The van der Waals surface area contributed by atoms with Crippen LogP contribution in [0.4, 0.5) is 13.2 Å². The zero-order chi connectivity index (χ0) is 7.12. The summed E-state index contributed by atoms with van der Waals surface area (Å²) in [6.07, 6.45) is -3.82. The molecule has 0 atom stereocenters. The van der Waals surface area contributed by atoms with Crippen LogP contribution in [0, 0.1) is 5.41 Å². The number of hydrogen-bond donors (Lipinski definition) is 0. The van der Waals surface area contributed by atoms with E-state index in [1.54, 1.807) is 0 Å². The van der Waals surface area contributed by atoms with Gasteiger partial charge in [0.25, 0.3) is 0 Å². The van der Waals surface area contributed by atoms with Gasteiger partial charge in [0, 0.05) is 5.41 Å². The lowest BCUT2D eigenvalue weighted by atomic mass is 10.1. The summed E-state index contributed by atoms with van der Waals surface area (Å²) in [5.74, 6) is 0. The predicted molar refractivity (Wildman–Crippen MR) is 26.9 cm³/mol. The van der Waals surface area contributed by atoms with Gasteiger partial charge in [-0.15, -0.1) is 6.54 Å². The topological polar surface area (TPSA) is 23.8 Å². The van der Waals surface area contributed by atoms with Crippen LogP contribution in [0.15, 0.2) is 0 Å². The number of halogens is 3. The third kappa shape index (κ3) is 0.913. The highest BCUT2D eigenvalue weighted by atomic mass is 19.4. The number of alkyl halides is 3. The summed E-state index contributed by atoms with van der Waals surface area (Å²) in [6, 6.07) is 0. The average Bonchev–Trinajstić information content (AvgIpc) is 2.40. The molecular formula is C5H7F3N-. The van der Waals surface area contributed by atoms with Crippen molar-refractivity contribution in [3.63, 3.8) is 0 Å². The van der Waals surface area contributed by atoms with Crippen molar-refractivity contribution in [1.82, 2.24) is 0 Å². The van der Waals surface area contributed by atoms with Gasteiger partial charge in [-0.05, 0) is 12.8 Å². The summed E-state index contributed by atoms with van der Waals surface area (Å²) < 4.78 is 35.3. The molecule has 0 bridgehead atoms. The summed E-state index contributed by atoms with van der Waals surface area (Å²) in [6.45, 7) is -0.503. The van der Waals surface area contributed by atoms with Crippen LogP contribution < -0.4 is 0 Å². The van der Waals surface area contributed by atoms with Crippen molar-refractivity contribution in [1.29, 1.82) is 0 Å². The second-order valence-electron chi connectivity index (χ2n) is 2.45. The minimum absolute atomic E-state index is 0.153. The normalized spacial score (nSPS) is 24.0. The third-order valence-corrected chi connectivity index (χ3v) is 1.79. The van der Waals surface area contributed by atoms with E-state index in [1.165, 1.54) is 0 Å². The summed E-state index contributed by atoms with van der Waals surface area (Å²) in [5.41, 5.74) is 5.00. The Labute approximate surface area is 51.0 Å². The number of hydrogen-bond acceptors (Lipinski definition) is 0. The van der Waals surface area contributed by atoms with Crippen molar-refractivity contribution in [2.24, 2.45) is 5.41 Å². The zero-order valence-corrected chi connectivity index (χ0v) is 4.76. The minimum atomic E-state index is -4.13. The molecular weight excluding hydrogens is 131 g/mol. The first-order valence-corrected chi connectivity index (χ1v) is 2.73. The highest BCUT2D eigenvalue weighted by molar-refractivity contribution is 5.02. The number of nitrogens with one attached hydrogen (secondary N) is 1. The molecule has 1 N–H and O–H groups in total. The van der Waals surface area contributed by atoms with Crippen molar-refractivity contribution >= 4 is 0 Å². The van der Waals surface area contributed by atoms with E-state index in [2.05, 4.69) is 0 Å². The van der Waals surface area contributed by atoms with Crippen molar-refractivity contribution in [3.05, 3.63) is 5.73 Å². The molecule has 0 radical (unpaired) electrons. The Morgan fingerprint density at radius 3 is 1.78 bits per heavy atom. The molecule has 54 valence electrons. The Morgan fingerprint density at radius 2 is 1.78 bits per heavy atom. The molecule has 1 nitrogen and oxygen atoms in total. The Balaban J connectivity index is 2.60. The van der Waals surface area contributed by atoms with Gasteiger partial charge in [0.15, 0.2) is 0 Å². The van der Waals surface area contributed by atoms with Crippen LogP contribution in [0.3, 0.4) is 0 Å². The van der Waals surface area contributed by atoms with Gasteiger partial charge in [-0.1, -0.05) is 0 Å². The molecule has 0 spiro atoms. The van der Waals surface area contributed by atoms with E-state index in [4.69, 9.17) is 5.73 Å². The SMILES string of the molecule is [NH-]CC1(C(F)(F)F)CC1. The van der Waals surface area contributed by atoms with Gasteiger partial charge >= 0.3 is 6.18 Å². The molecule has 1 saturated carbocycles. The lowest BCUT2D eigenvalue weighted by molar-refractivity contribution is -0.181. The van der Waals surface area contributed by atoms with Crippen molar-refractivity contribution in [3.8, 4) is 0 Å². The molecule has 0 unspecified atom stereocenters. The Morgan fingerprint density at radius 1 is 1.33 bits per heavy atom. The first kappa shape index (κ1) is 6.86. The fraction of sp³-hybridized carbons (Fsp3) is 1.00. The van der Waals surface area contributed by atoms with Gasteiger partial charge in [-0.3, -0.25) is 0 Å². The molecule has 0 aromatic carbocycles. The molecule has 4 heteroatoms. The van der Waals surface area contributed by atoms with Crippen molar-refractivity contribution in [2.45, 2.75) is 19.0 Å². The van der Waals surface area contributed by atoms with Crippen LogP contribution in [0.5, 0.6) is 0 Å². The van der Waals surface area contributed by atoms with Crippen LogP contribution in [-0.2, 0) is 0 Å². The highest BCUT2D eigenvalue weighted by Crippen LogP contribution is 2.57. The van der Waals surface area contributed by atoms with Crippen LogP contribution in [-0.4, -0.2) is 12.7 Å². The molecule has 0 heterocycles. The lowest BCUT2D eigenvalue weighted by Gasteiger charge is -2.20. The summed E-state index contributed by atoms with van der Waals surface area (Å²) in [4.78, 5) is 0. The molecule has 0 saturated heterocycles. The van der Waals surface area contributed by atoms with Gasteiger partial charge < -0.3 is 5.73 Å². The van der Waals surface area contributed by atoms with E-state index < -0.39 is 18.1 Å². The van der Waals surface area contributed by atoms with Crippen molar-refractivity contribution in [2.75, 3.05) is 6.54 Å². The molecule has 0 amide bonds. The van der Waals surface area contributed by atoms with E-state index in [-0.39, 0.29) is 12.8 Å². The molecule has 0 aromatic rings. The second-order valence-corrected chi connectivity index (χ2v) is 2.45. The highest BCUT2D eigenvalue weighted by Gasteiger charge is 2.59. The fourth-order valence-corrected chi connectivity index (χ4v) is 0.711. The van der Waals surface area contributed by atoms with E-state index in [1.807, 2.05) is 0 Å².